The van der Waals surface area contributed by atoms with E-state index in [0.29, 0.717) is 18.8 Å². The van der Waals surface area contributed by atoms with Crippen LogP contribution in [0, 0.1) is 5.41 Å². The van der Waals surface area contributed by atoms with Gasteiger partial charge in [-0.2, -0.15) is 0 Å². The lowest BCUT2D eigenvalue weighted by molar-refractivity contribution is 0.0758. The molecule has 1 aromatic rings. The number of aliphatic hydroxyl groups is 1. The van der Waals surface area contributed by atoms with E-state index < -0.39 is 0 Å². The summed E-state index contributed by atoms with van der Waals surface area (Å²) in [5, 5.41) is 10.0. The molecular formula is C15H18N2O3. The molecule has 1 saturated heterocycles. The Morgan fingerprint density at radius 3 is 3.10 bits per heavy atom. The van der Waals surface area contributed by atoms with Gasteiger partial charge >= 0.3 is 0 Å². The lowest BCUT2D eigenvalue weighted by Gasteiger charge is -2.19. The third kappa shape index (κ3) is 1.80. The van der Waals surface area contributed by atoms with Crippen molar-refractivity contribution in [3.63, 3.8) is 0 Å². The van der Waals surface area contributed by atoms with Crippen LogP contribution in [0.15, 0.2) is 12.3 Å². The third-order valence-corrected chi connectivity index (χ3v) is 4.80. The van der Waals surface area contributed by atoms with Crippen LogP contribution >= 0.6 is 0 Å². The monoisotopic (exact) mass is 274 g/mol. The van der Waals surface area contributed by atoms with Gasteiger partial charge in [-0.05, 0) is 37.3 Å². The molecule has 106 valence electrons. The number of carbonyl (C=O) groups excluding carboxylic acids is 1. The molecule has 20 heavy (non-hydrogen) atoms. The normalized spacial score (nSPS) is 26.2. The number of hydrogen-bond donors (Lipinski definition) is 1. The zero-order chi connectivity index (χ0) is 13.7. The summed E-state index contributed by atoms with van der Waals surface area (Å²) in [4.78, 5) is 18.5. The van der Waals surface area contributed by atoms with Crippen molar-refractivity contribution in [2.24, 2.45) is 5.41 Å². The van der Waals surface area contributed by atoms with Crippen molar-refractivity contribution in [3.8, 4) is 5.75 Å². The number of amides is 1. The van der Waals surface area contributed by atoms with Crippen molar-refractivity contribution >= 4 is 5.91 Å². The minimum absolute atomic E-state index is 0.00697. The number of β-amino-alcohol motifs (C(OH)–C–C–N with tert-alkyl or cyclic N) is 1. The summed E-state index contributed by atoms with van der Waals surface area (Å²) in [6, 6.07) is 1.85. The molecule has 0 bridgehead atoms. The second-order valence-corrected chi connectivity index (χ2v) is 6.19. The second-order valence-electron chi connectivity index (χ2n) is 6.19. The maximum Gasteiger partial charge on any atom is 0.272 e. The summed E-state index contributed by atoms with van der Waals surface area (Å²) in [5.41, 5.74) is 1.53. The van der Waals surface area contributed by atoms with Gasteiger partial charge in [-0.3, -0.25) is 4.79 Å². The van der Waals surface area contributed by atoms with Crippen molar-refractivity contribution in [2.75, 3.05) is 19.7 Å². The SMILES string of the molecule is O=C(c1cc2c(cn1)OCCC2)N1CC(O)C2(CC2)C1. The topological polar surface area (TPSA) is 62.7 Å². The highest BCUT2D eigenvalue weighted by Gasteiger charge is 2.55. The predicted molar refractivity (Wildman–Crippen MR) is 71.6 cm³/mol. The van der Waals surface area contributed by atoms with Crippen LogP contribution in [0.1, 0.15) is 35.3 Å². The lowest BCUT2D eigenvalue weighted by atomic mass is 10.0. The summed E-state index contributed by atoms with van der Waals surface area (Å²) >= 11 is 0. The van der Waals surface area contributed by atoms with Crippen LogP contribution < -0.4 is 4.74 Å². The van der Waals surface area contributed by atoms with E-state index in [-0.39, 0.29) is 17.4 Å². The van der Waals surface area contributed by atoms with Crippen LogP contribution in [-0.4, -0.2) is 46.7 Å². The molecule has 1 atom stereocenters. The van der Waals surface area contributed by atoms with E-state index in [2.05, 4.69) is 4.98 Å². The summed E-state index contributed by atoms with van der Waals surface area (Å²) in [6.07, 6.45) is 5.27. The number of ether oxygens (including phenoxy) is 1. The van der Waals surface area contributed by atoms with E-state index in [4.69, 9.17) is 4.74 Å². The molecule has 3 heterocycles. The van der Waals surface area contributed by atoms with Crippen molar-refractivity contribution in [1.29, 1.82) is 0 Å². The fourth-order valence-corrected chi connectivity index (χ4v) is 3.29. The summed E-state index contributed by atoms with van der Waals surface area (Å²) in [7, 11) is 0. The van der Waals surface area contributed by atoms with Crippen molar-refractivity contribution in [3.05, 3.63) is 23.5 Å². The fourth-order valence-electron chi connectivity index (χ4n) is 3.29. The summed E-state index contributed by atoms with van der Waals surface area (Å²) < 4.78 is 5.52. The molecule has 1 saturated carbocycles. The van der Waals surface area contributed by atoms with Gasteiger partial charge in [0.1, 0.15) is 11.4 Å². The Balaban J connectivity index is 1.57. The molecule has 1 spiro atoms. The van der Waals surface area contributed by atoms with Crippen molar-refractivity contribution < 1.29 is 14.6 Å². The average molecular weight is 274 g/mol. The highest BCUT2D eigenvalue weighted by Crippen LogP contribution is 2.52. The molecule has 0 radical (unpaired) electrons. The maximum absolute atomic E-state index is 12.5. The minimum atomic E-state index is -0.368. The molecule has 2 fully saturated rings. The molecule has 1 aromatic heterocycles. The molecule has 5 nitrogen and oxygen atoms in total. The molecule has 1 N–H and O–H groups in total. The van der Waals surface area contributed by atoms with Gasteiger partial charge < -0.3 is 14.7 Å². The molecular weight excluding hydrogens is 256 g/mol. The molecule has 1 amide bonds. The number of nitrogens with zero attached hydrogens (tertiary/aromatic N) is 2. The van der Waals surface area contributed by atoms with Crippen LogP contribution in [0.4, 0.5) is 0 Å². The maximum atomic E-state index is 12.5. The quantitative estimate of drug-likeness (QED) is 0.830. The number of likely N-dealkylation sites (tertiary alicyclic amines) is 1. The van der Waals surface area contributed by atoms with Gasteiger partial charge in [0, 0.05) is 18.5 Å². The van der Waals surface area contributed by atoms with Gasteiger partial charge in [-0.25, -0.2) is 4.98 Å². The lowest BCUT2D eigenvalue weighted by Crippen LogP contribution is -2.30. The van der Waals surface area contributed by atoms with E-state index in [1.807, 2.05) is 6.07 Å². The van der Waals surface area contributed by atoms with Crippen LogP contribution in [0.25, 0.3) is 0 Å². The van der Waals surface area contributed by atoms with Gasteiger partial charge in [0.05, 0.1) is 18.9 Å². The number of pyridine rings is 1. The van der Waals surface area contributed by atoms with Gasteiger partial charge in [0.2, 0.25) is 0 Å². The first-order valence-corrected chi connectivity index (χ1v) is 7.27. The Morgan fingerprint density at radius 2 is 2.35 bits per heavy atom. The number of aryl methyl sites for hydroxylation is 1. The Morgan fingerprint density at radius 1 is 1.50 bits per heavy atom. The number of carbonyl (C=O) groups is 1. The molecule has 2 aliphatic heterocycles. The zero-order valence-electron chi connectivity index (χ0n) is 11.3. The van der Waals surface area contributed by atoms with E-state index in [1.54, 1.807) is 11.1 Å². The second kappa shape index (κ2) is 4.19. The molecule has 1 aliphatic carbocycles. The van der Waals surface area contributed by atoms with E-state index in [0.717, 1.165) is 43.6 Å². The summed E-state index contributed by atoms with van der Waals surface area (Å²) in [6.45, 7) is 1.83. The first kappa shape index (κ1) is 12.1. The van der Waals surface area contributed by atoms with Crippen molar-refractivity contribution in [1.82, 2.24) is 9.88 Å². The first-order chi connectivity index (χ1) is 9.68. The highest BCUT2D eigenvalue weighted by molar-refractivity contribution is 5.93. The molecule has 1 unspecified atom stereocenters. The van der Waals surface area contributed by atoms with Crippen molar-refractivity contribution in [2.45, 2.75) is 31.8 Å². The van der Waals surface area contributed by atoms with Gasteiger partial charge in [0.15, 0.2) is 0 Å². The Hall–Kier alpha value is -1.62. The summed E-state index contributed by atoms with van der Waals surface area (Å²) in [5.74, 6) is 0.731. The predicted octanol–water partition coefficient (Wildman–Crippen LogP) is 1.00. The van der Waals surface area contributed by atoms with Gasteiger partial charge in [-0.1, -0.05) is 0 Å². The van der Waals surface area contributed by atoms with Crippen LogP contribution in [0.5, 0.6) is 5.75 Å². The number of rotatable bonds is 1. The molecule has 3 aliphatic rings. The number of aromatic nitrogens is 1. The number of aliphatic hydroxyl groups excluding tert-OH is 1. The largest absolute Gasteiger partial charge is 0.492 e. The fraction of sp³-hybridized carbons (Fsp3) is 0.600. The number of fused-ring (bicyclic) bond motifs is 1. The molecule has 5 heteroatoms. The zero-order valence-corrected chi connectivity index (χ0v) is 11.3. The number of hydrogen-bond acceptors (Lipinski definition) is 4. The Labute approximate surface area is 117 Å². The van der Waals surface area contributed by atoms with Crippen LogP contribution in [-0.2, 0) is 6.42 Å². The molecule has 4 rings (SSSR count). The Bertz CT molecular complexity index is 568. The van der Waals surface area contributed by atoms with Crippen LogP contribution in [0.3, 0.4) is 0 Å². The first-order valence-electron chi connectivity index (χ1n) is 7.27. The average Bonchev–Trinajstić information content (AvgIpc) is 3.18. The standard InChI is InChI=1S/C15H18N2O3/c18-13-8-17(9-15(13)3-4-15)14(19)11-6-10-2-1-5-20-12(10)7-16-11/h6-7,13,18H,1-5,8-9H2. The third-order valence-electron chi connectivity index (χ3n) is 4.80. The van der Waals surface area contributed by atoms with E-state index in [9.17, 15) is 9.90 Å². The molecule has 0 aromatic carbocycles. The highest BCUT2D eigenvalue weighted by atomic mass is 16.5. The minimum Gasteiger partial charge on any atom is -0.492 e. The smallest absolute Gasteiger partial charge is 0.272 e. The van der Waals surface area contributed by atoms with Gasteiger partial charge in [0.25, 0.3) is 5.91 Å². The van der Waals surface area contributed by atoms with E-state index in [1.165, 1.54) is 0 Å². The van der Waals surface area contributed by atoms with Crippen LogP contribution in [0.2, 0.25) is 0 Å². The van der Waals surface area contributed by atoms with E-state index >= 15 is 0 Å². The Kier molecular flexibility index (Phi) is 2.54. The van der Waals surface area contributed by atoms with Gasteiger partial charge in [-0.15, -0.1) is 0 Å².